The largest absolute Gasteiger partial charge is 0.489 e. The second-order valence-electron chi connectivity index (χ2n) is 9.93. The van der Waals surface area contributed by atoms with Gasteiger partial charge < -0.3 is 39.3 Å². The molecule has 5 rings (SSSR count). The number of rotatable bonds is 10. The van der Waals surface area contributed by atoms with E-state index in [4.69, 9.17) is 19.6 Å². The highest BCUT2D eigenvalue weighted by Crippen LogP contribution is 2.37. The Morgan fingerprint density at radius 1 is 1.18 bits per heavy atom. The van der Waals surface area contributed by atoms with Gasteiger partial charge in [0.15, 0.2) is 29.1 Å². The maximum absolute atomic E-state index is 13.6. The summed E-state index contributed by atoms with van der Waals surface area (Å²) in [5.41, 5.74) is 6.16. The molecule has 0 radical (unpaired) electrons. The molecule has 1 aromatic carbocycles. The SMILES string of the molecule is NCc1oc(-c2ccc(OC(F)F)c(OCC3CC3)c2)nc1C(=O)N1CCCC1C(=O)N1CCOC(C(=O)O)C1. The number of benzene rings is 1. The van der Waals surface area contributed by atoms with E-state index in [1.54, 1.807) is 0 Å². The van der Waals surface area contributed by atoms with Crippen molar-refractivity contribution >= 4 is 17.8 Å². The molecular formula is C26H30F2N4O8. The summed E-state index contributed by atoms with van der Waals surface area (Å²) in [6.07, 6.45) is 1.87. The first kappa shape index (κ1) is 27.8. The highest BCUT2D eigenvalue weighted by molar-refractivity contribution is 5.97. The minimum atomic E-state index is -3.03. The Bertz CT molecular complexity index is 1270. The number of likely N-dealkylation sites (tertiary alicyclic amines) is 1. The van der Waals surface area contributed by atoms with Crippen LogP contribution < -0.4 is 15.2 Å². The Morgan fingerprint density at radius 2 is 1.98 bits per heavy atom. The third-order valence-electron chi connectivity index (χ3n) is 7.12. The van der Waals surface area contributed by atoms with E-state index in [2.05, 4.69) is 9.72 Å². The van der Waals surface area contributed by atoms with E-state index in [1.807, 2.05) is 0 Å². The smallest absolute Gasteiger partial charge is 0.387 e. The van der Waals surface area contributed by atoms with Crippen molar-refractivity contribution in [3.63, 3.8) is 0 Å². The Kier molecular flexibility index (Phi) is 8.17. The lowest BCUT2D eigenvalue weighted by molar-refractivity contribution is -0.160. The average molecular weight is 565 g/mol. The van der Waals surface area contributed by atoms with Gasteiger partial charge in [-0.15, -0.1) is 0 Å². The number of hydrogen-bond acceptors (Lipinski definition) is 9. The van der Waals surface area contributed by atoms with Crippen LogP contribution in [0.2, 0.25) is 0 Å². The van der Waals surface area contributed by atoms with E-state index in [1.165, 1.54) is 28.0 Å². The molecule has 14 heteroatoms. The number of nitrogens with zero attached hydrogens (tertiary/aromatic N) is 3. The molecule has 2 unspecified atom stereocenters. The zero-order valence-corrected chi connectivity index (χ0v) is 21.6. The van der Waals surface area contributed by atoms with Crippen LogP contribution in [0.25, 0.3) is 11.5 Å². The number of amides is 2. The van der Waals surface area contributed by atoms with Crippen LogP contribution in [-0.4, -0.2) is 89.3 Å². The summed E-state index contributed by atoms with van der Waals surface area (Å²) in [5.74, 6) is -1.60. The van der Waals surface area contributed by atoms with E-state index in [9.17, 15) is 28.3 Å². The molecule has 1 aliphatic carbocycles. The molecule has 1 saturated carbocycles. The summed E-state index contributed by atoms with van der Waals surface area (Å²) in [7, 11) is 0. The number of carboxylic acid groups (broad SMARTS) is 1. The van der Waals surface area contributed by atoms with Crippen LogP contribution in [-0.2, 0) is 20.9 Å². The number of halogens is 2. The summed E-state index contributed by atoms with van der Waals surface area (Å²) in [6.45, 7) is -2.33. The Labute approximate surface area is 227 Å². The second-order valence-corrected chi connectivity index (χ2v) is 9.93. The highest BCUT2D eigenvalue weighted by Gasteiger charge is 2.41. The molecule has 2 aromatic rings. The number of alkyl halides is 2. The number of aromatic nitrogens is 1. The van der Waals surface area contributed by atoms with Crippen LogP contribution in [0.15, 0.2) is 22.6 Å². The highest BCUT2D eigenvalue weighted by atomic mass is 19.3. The van der Waals surface area contributed by atoms with Crippen LogP contribution >= 0.6 is 0 Å². The lowest BCUT2D eigenvalue weighted by Crippen LogP contribution is -2.54. The van der Waals surface area contributed by atoms with Gasteiger partial charge in [-0.3, -0.25) is 9.59 Å². The molecule has 3 heterocycles. The van der Waals surface area contributed by atoms with E-state index in [-0.39, 0.29) is 61.0 Å². The fraction of sp³-hybridized carbons (Fsp3) is 0.538. The second kappa shape index (κ2) is 11.8. The Morgan fingerprint density at radius 3 is 2.67 bits per heavy atom. The summed E-state index contributed by atoms with van der Waals surface area (Å²) in [4.78, 5) is 45.4. The summed E-state index contributed by atoms with van der Waals surface area (Å²) in [5, 5.41) is 9.27. The lowest BCUT2D eigenvalue weighted by Gasteiger charge is -2.34. The number of hydrogen-bond donors (Lipinski definition) is 2. The zero-order chi connectivity index (χ0) is 28.4. The molecule has 0 spiro atoms. The van der Waals surface area contributed by atoms with Crippen molar-refractivity contribution in [3.8, 4) is 23.0 Å². The third kappa shape index (κ3) is 6.02. The molecule has 1 aromatic heterocycles. The van der Waals surface area contributed by atoms with Gasteiger partial charge in [-0.2, -0.15) is 8.78 Å². The van der Waals surface area contributed by atoms with Crippen molar-refractivity contribution in [2.24, 2.45) is 11.7 Å². The van der Waals surface area contributed by atoms with Gasteiger partial charge in [-0.05, 0) is 49.8 Å². The van der Waals surface area contributed by atoms with Crippen molar-refractivity contribution in [2.75, 3.05) is 32.8 Å². The summed E-state index contributed by atoms with van der Waals surface area (Å²) >= 11 is 0. The summed E-state index contributed by atoms with van der Waals surface area (Å²) in [6, 6.07) is 3.44. The maximum Gasteiger partial charge on any atom is 0.387 e. The zero-order valence-electron chi connectivity index (χ0n) is 21.6. The Balaban J connectivity index is 1.36. The van der Waals surface area contributed by atoms with Crippen molar-refractivity contribution in [1.82, 2.24) is 14.8 Å². The number of carbonyl (C=O) groups excluding carboxylic acids is 2. The number of ether oxygens (including phenoxy) is 3. The third-order valence-corrected chi connectivity index (χ3v) is 7.12. The fourth-order valence-corrected chi connectivity index (χ4v) is 4.83. The molecular weight excluding hydrogens is 534 g/mol. The minimum Gasteiger partial charge on any atom is -0.489 e. The molecule has 216 valence electrons. The van der Waals surface area contributed by atoms with Crippen molar-refractivity contribution in [2.45, 2.75) is 51.0 Å². The van der Waals surface area contributed by atoms with Gasteiger partial charge in [0.1, 0.15) is 6.04 Å². The van der Waals surface area contributed by atoms with Crippen molar-refractivity contribution in [1.29, 1.82) is 0 Å². The number of nitrogens with two attached hydrogens (primary N) is 1. The standard InChI is InChI=1S/C26H30F2N4O8/c27-26(28)40-17-6-5-15(10-18(17)38-13-14-3-4-14)22-30-21(19(11-29)39-22)24(34)32-7-1-2-16(32)23(33)31-8-9-37-20(12-31)25(35)36/h5-6,10,14,16,20,26H,1-4,7-9,11-13,29H2,(H,35,36). The van der Waals surface area contributed by atoms with Crippen molar-refractivity contribution < 1.29 is 46.9 Å². The van der Waals surface area contributed by atoms with E-state index in [0.717, 1.165) is 12.8 Å². The number of morpholine rings is 1. The number of carboxylic acids is 1. The van der Waals surface area contributed by atoms with Gasteiger partial charge in [0.2, 0.25) is 11.8 Å². The number of aliphatic carboxylic acids is 1. The van der Waals surface area contributed by atoms with Crippen LogP contribution in [0.1, 0.15) is 41.9 Å². The van der Waals surface area contributed by atoms with Gasteiger partial charge in [0, 0.05) is 18.7 Å². The van der Waals surface area contributed by atoms with Gasteiger partial charge in [-0.25, -0.2) is 9.78 Å². The molecule has 3 fully saturated rings. The van der Waals surface area contributed by atoms with Crippen molar-refractivity contribution in [3.05, 3.63) is 29.7 Å². The number of carbonyl (C=O) groups is 3. The minimum absolute atomic E-state index is 0.0308. The molecule has 2 atom stereocenters. The number of oxazole rings is 1. The van der Waals surface area contributed by atoms with Crippen LogP contribution in [0.3, 0.4) is 0 Å². The van der Waals surface area contributed by atoms with Gasteiger partial charge >= 0.3 is 12.6 Å². The molecule has 3 N–H and O–H groups in total. The molecule has 0 bridgehead atoms. The van der Waals surface area contributed by atoms with E-state index in [0.29, 0.717) is 37.5 Å². The topological polar surface area (TPSA) is 158 Å². The van der Waals surface area contributed by atoms with E-state index < -0.39 is 30.6 Å². The molecule has 2 amide bonds. The van der Waals surface area contributed by atoms with Crippen LogP contribution in [0.5, 0.6) is 11.5 Å². The first-order valence-corrected chi connectivity index (χ1v) is 13.1. The van der Waals surface area contributed by atoms with Gasteiger partial charge in [-0.1, -0.05) is 0 Å². The molecule has 40 heavy (non-hydrogen) atoms. The molecule has 2 aliphatic heterocycles. The molecule has 3 aliphatic rings. The fourth-order valence-electron chi connectivity index (χ4n) is 4.83. The van der Waals surface area contributed by atoms with Crippen LogP contribution in [0.4, 0.5) is 8.78 Å². The first-order chi connectivity index (χ1) is 19.2. The van der Waals surface area contributed by atoms with Gasteiger partial charge in [0.05, 0.1) is 26.3 Å². The quantitative estimate of drug-likeness (QED) is 0.438. The lowest BCUT2D eigenvalue weighted by atomic mass is 10.1. The first-order valence-electron chi connectivity index (χ1n) is 13.1. The van der Waals surface area contributed by atoms with Gasteiger partial charge in [0.25, 0.3) is 5.91 Å². The molecule has 2 saturated heterocycles. The van der Waals surface area contributed by atoms with E-state index >= 15 is 0 Å². The monoisotopic (exact) mass is 564 g/mol. The average Bonchev–Trinajstić information content (AvgIpc) is 3.46. The predicted molar refractivity (Wildman–Crippen MR) is 133 cm³/mol. The maximum atomic E-state index is 13.6. The normalized spacial score (nSPS) is 21.1. The predicted octanol–water partition coefficient (Wildman–Crippen LogP) is 2.11. The Hall–Kier alpha value is -3.78. The summed E-state index contributed by atoms with van der Waals surface area (Å²) < 4.78 is 47.1. The molecule has 12 nitrogen and oxygen atoms in total. The van der Waals surface area contributed by atoms with Crippen LogP contribution in [0, 0.1) is 5.92 Å².